The average Bonchev–Trinajstić information content (AvgIpc) is 3.18. The summed E-state index contributed by atoms with van der Waals surface area (Å²) in [5.74, 6) is 2.83. The number of aliphatic imine (C=N–C) groups is 1. The van der Waals surface area contributed by atoms with Crippen LogP contribution in [0.3, 0.4) is 0 Å². The molecule has 4 nitrogen and oxygen atoms in total. The van der Waals surface area contributed by atoms with Crippen LogP contribution in [0.5, 0.6) is 0 Å². The predicted molar refractivity (Wildman–Crippen MR) is 134 cm³/mol. The maximum Gasteiger partial charge on any atom is 0.153 e. The standard InChI is InChI=1S/C27H38N4/c1-7-18(3)15-26(28-17-21(6)20(5)8-2)29-27-16-25(30-31-27)23-13-12-19(4)14-24(23)22-10-9-11-22/h12-17,20,22H,7-11H2,1-6H3,(H2,28,29,30,31)/b18-15+,21-17+. The lowest BCUT2D eigenvalue weighted by molar-refractivity contribution is 0.420. The summed E-state index contributed by atoms with van der Waals surface area (Å²) in [6.07, 6.45) is 10.1. The van der Waals surface area contributed by atoms with Gasteiger partial charge in [0.05, 0.1) is 5.69 Å². The van der Waals surface area contributed by atoms with Crippen molar-refractivity contribution in [1.29, 1.82) is 0 Å². The molecule has 31 heavy (non-hydrogen) atoms. The number of aromatic nitrogens is 2. The molecule has 0 bridgehead atoms. The highest BCUT2D eigenvalue weighted by molar-refractivity contribution is 6.04. The topological polar surface area (TPSA) is 53.1 Å². The lowest BCUT2D eigenvalue weighted by atomic mass is 9.77. The minimum Gasteiger partial charge on any atom is -0.323 e. The quantitative estimate of drug-likeness (QED) is 0.340. The van der Waals surface area contributed by atoms with Crippen molar-refractivity contribution < 1.29 is 0 Å². The highest BCUT2D eigenvalue weighted by Crippen LogP contribution is 2.41. The SMILES string of the molecule is CC/C(C)=C/C(=N\C=C(/C)C(C)CC)Nc1cc(-c2ccc(C)cc2C2CCC2)[nH]n1. The molecular weight excluding hydrogens is 380 g/mol. The first-order valence-corrected chi connectivity index (χ1v) is 11.8. The Kier molecular flexibility index (Phi) is 7.89. The van der Waals surface area contributed by atoms with Crippen LogP contribution in [0, 0.1) is 12.8 Å². The van der Waals surface area contributed by atoms with Gasteiger partial charge in [-0.15, -0.1) is 0 Å². The summed E-state index contributed by atoms with van der Waals surface area (Å²) in [7, 11) is 0. The van der Waals surface area contributed by atoms with Crippen molar-refractivity contribution in [2.45, 2.75) is 79.6 Å². The molecule has 1 heterocycles. The van der Waals surface area contributed by atoms with Crippen LogP contribution in [0.2, 0.25) is 0 Å². The summed E-state index contributed by atoms with van der Waals surface area (Å²) in [5, 5.41) is 11.2. The van der Waals surface area contributed by atoms with Gasteiger partial charge >= 0.3 is 0 Å². The van der Waals surface area contributed by atoms with E-state index in [2.05, 4.69) is 87.4 Å². The molecule has 1 fully saturated rings. The first-order valence-electron chi connectivity index (χ1n) is 11.8. The molecule has 0 saturated heterocycles. The van der Waals surface area contributed by atoms with E-state index >= 15 is 0 Å². The number of hydrogen-bond donors (Lipinski definition) is 2. The Morgan fingerprint density at radius 3 is 2.68 bits per heavy atom. The fraction of sp³-hybridized carbons (Fsp3) is 0.481. The third-order valence-electron chi connectivity index (χ3n) is 6.61. The number of hydrogen-bond acceptors (Lipinski definition) is 2. The van der Waals surface area contributed by atoms with Crippen LogP contribution >= 0.6 is 0 Å². The van der Waals surface area contributed by atoms with Gasteiger partial charge in [0.25, 0.3) is 0 Å². The van der Waals surface area contributed by atoms with Crippen LogP contribution in [-0.2, 0) is 0 Å². The molecule has 1 aliphatic rings. The molecule has 0 spiro atoms. The van der Waals surface area contributed by atoms with Crippen molar-refractivity contribution in [1.82, 2.24) is 10.2 Å². The van der Waals surface area contributed by atoms with E-state index in [9.17, 15) is 0 Å². The van der Waals surface area contributed by atoms with E-state index in [4.69, 9.17) is 4.99 Å². The number of anilines is 1. The molecule has 3 rings (SSSR count). The molecule has 166 valence electrons. The van der Waals surface area contributed by atoms with E-state index in [1.54, 1.807) is 0 Å². The maximum atomic E-state index is 4.75. The van der Waals surface area contributed by atoms with Crippen LogP contribution in [0.4, 0.5) is 5.82 Å². The molecule has 2 N–H and O–H groups in total. The number of amidine groups is 1. The van der Waals surface area contributed by atoms with E-state index in [-0.39, 0.29) is 0 Å². The number of benzene rings is 1. The maximum absolute atomic E-state index is 4.75. The Morgan fingerprint density at radius 2 is 2.03 bits per heavy atom. The number of nitrogens with zero attached hydrogens (tertiary/aromatic N) is 2. The zero-order valence-electron chi connectivity index (χ0n) is 20.0. The van der Waals surface area contributed by atoms with Crippen LogP contribution in [0.15, 0.2) is 52.7 Å². The lowest BCUT2D eigenvalue weighted by Crippen LogP contribution is -2.10. The number of aryl methyl sites for hydroxylation is 1. The zero-order chi connectivity index (χ0) is 22.4. The lowest BCUT2D eigenvalue weighted by Gasteiger charge is -2.28. The van der Waals surface area contributed by atoms with Gasteiger partial charge in [-0.05, 0) is 69.9 Å². The summed E-state index contributed by atoms with van der Waals surface area (Å²) in [6, 6.07) is 8.86. The van der Waals surface area contributed by atoms with Crippen molar-refractivity contribution in [3.8, 4) is 11.3 Å². The normalized spacial score (nSPS) is 16.9. The van der Waals surface area contributed by atoms with Crippen molar-refractivity contribution in [2.24, 2.45) is 10.9 Å². The van der Waals surface area contributed by atoms with Gasteiger partial charge in [0.1, 0.15) is 5.84 Å². The molecule has 0 radical (unpaired) electrons. The van der Waals surface area contributed by atoms with Crippen molar-refractivity contribution in [3.05, 3.63) is 58.8 Å². The fourth-order valence-corrected chi connectivity index (χ4v) is 3.70. The van der Waals surface area contributed by atoms with Crippen LogP contribution in [-0.4, -0.2) is 16.0 Å². The second-order valence-electron chi connectivity index (χ2n) is 9.05. The summed E-state index contributed by atoms with van der Waals surface area (Å²) in [5.41, 5.74) is 7.67. The largest absolute Gasteiger partial charge is 0.323 e. The fourth-order valence-electron chi connectivity index (χ4n) is 3.70. The molecule has 0 aliphatic heterocycles. The van der Waals surface area contributed by atoms with Crippen LogP contribution < -0.4 is 5.32 Å². The number of aromatic amines is 1. The molecule has 4 heteroatoms. The second kappa shape index (κ2) is 10.6. The third kappa shape index (κ3) is 5.96. The van der Waals surface area contributed by atoms with E-state index in [0.717, 1.165) is 30.2 Å². The second-order valence-corrected chi connectivity index (χ2v) is 9.05. The monoisotopic (exact) mass is 418 g/mol. The van der Waals surface area contributed by atoms with Gasteiger partial charge in [-0.3, -0.25) is 5.10 Å². The molecule has 1 atom stereocenters. The Labute approximate surface area is 188 Å². The Morgan fingerprint density at radius 1 is 1.26 bits per heavy atom. The number of nitrogens with one attached hydrogen (secondary N) is 2. The Bertz CT molecular complexity index is 973. The Hall–Kier alpha value is -2.62. The minimum atomic E-state index is 0.532. The Balaban J connectivity index is 1.86. The predicted octanol–water partition coefficient (Wildman–Crippen LogP) is 7.77. The first kappa shape index (κ1) is 23.1. The smallest absolute Gasteiger partial charge is 0.153 e. The highest BCUT2D eigenvalue weighted by atomic mass is 15.2. The van der Waals surface area contributed by atoms with Gasteiger partial charge in [-0.1, -0.05) is 62.1 Å². The number of allylic oxidation sites excluding steroid dienone is 2. The van der Waals surface area contributed by atoms with Gasteiger partial charge in [0.2, 0.25) is 0 Å². The molecule has 1 aromatic heterocycles. The number of rotatable bonds is 8. The molecule has 1 unspecified atom stereocenters. The van der Waals surface area contributed by atoms with Crippen LogP contribution in [0.1, 0.15) is 83.8 Å². The molecule has 1 aromatic carbocycles. The van der Waals surface area contributed by atoms with E-state index < -0.39 is 0 Å². The van der Waals surface area contributed by atoms with Gasteiger partial charge < -0.3 is 5.32 Å². The van der Waals surface area contributed by atoms with Gasteiger partial charge in [-0.2, -0.15) is 5.10 Å². The van der Waals surface area contributed by atoms with Gasteiger partial charge in [0.15, 0.2) is 5.82 Å². The molecule has 0 amide bonds. The van der Waals surface area contributed by atoms with Gasteiger partial charge in [-0.25, -0.2) is 4.99 Å². The average molecular weight is 419 g/mol. The van der Waals surface area contributed by atoms with Crippen molar-refractivity contribution in [2.75, 3.05) is 5.32 Å². The van der Waals surface area contributed by atoms with Crippen molar-refractivity contribution in [3.63, 3.8) is 0 Å². The summed E-state index contributed by atoms with van der Waals surface area (Å²) < 4.78 is 0. The first-order chi connectivity index (χ1) is 14.9. The number of H-pyrrole nitrogens is 1. The molecule has 1 saturated carbocycles. The molecule has 2 aromatic rings. The van der Waals surface area contributed by atoms with Crippen molar-refractivity contribution >= 4 is 11.7 Å². The molecular formula is C27H38N4. The van der Waals surface area contributed by atoms with E-state index in [1.165, 1.54) is 47.1 Å². The zero-order valence-corrected chi connectivity index (χ0v) is 20.0. The summed E-state index contributed by atoms with van der Waals surface area (Å²) >= 11 is 0. The summed E-state index contributed by atoms with van der Waals surface area (Å²) in [6.45, 7) is 13.1. The van der Waals surface area contributed by atoms with Gasteiger partial charge in [0, 0.05) is 17.8 Å². The van der Waals surface area contributed by atoms with E-state index in [0.29, 0.717) is 11.8 Å². The minimum absolute atomic E-state index is 0.532. The van der Waals surface area contributed by atoms with E-state index in [1.807, 2.05) is 6.20 Å². The highest BCUT2D eigenvalue weighted by Gasteiger charge is 2.23. The molecule has 1 aliphatic carbocycles. The third-order valence-corrected chi connectivity index (χ3v) is 6.61. The van der Waals surface area contributed by atoms with Crippen LogP contribution in [0.25, 0.3) is 11.3 Å². The summed E-state index contributed by atoms with van der Waals surface area (Å²) in [4.78, 5) is 4.75.